The van der Waals surface area contributed by atoms with Crippen LogP contribution in [-0.4, -0.2) is 46.0 Å². The Balaban J connectivity index is 2.15. The van der Waals surface area contributed by atoms with Crippen molar-refractivity contribution in [3.8, 4) is 0 Å². The molecule has 0 bridgehead atoms. The molecule has 2 N–H and O–H groups in total. The third-order valence-corrected chi connectivity index (χ3v) is 3.61. The van der Waals surface area contributed by atoms with E-state index in [2.05, 4.69) is 10.4 Å². The molecule has 0 spiro atoms. The molecule has 0 aliphatic carbocycles. The quantitative estimate of drug-likeness (QED) is 0.797. The number of carboxylic acids is 1. The number of aromatic nitrogens is 2. The number of aliphatic carboxylic acids is 1. The summed E-state index contributed by atoms with van der Waals surface area (Å²) in [7, 11) is 3.29. The summed E-state index contributed by atoms with van der Waals surface area (Å²) < 4.78 is 6.76. The highest BCUT2D eigenvalue weighted by atomic mass is 16.5. The Morgan fingerprint density at radius 3 is 2.74 bits per heavy atom. The van der Waals surface area contributed by atoms with E-state index in [1.807, 2.05) is 31.3 Å². The van der Waals surface area contributed by atoms with Gasteiger partial charge in [-0.3, -0.25) is 14.3 Å². The minimum absolute atomic E-state index is 0.0836. The fourth-order valence-corrected chi connectivity index (χ4v) is 2.74. The summed E-state index contributed by atoms with van der Waals surface area (Å²) >= 11 is 0. The number of fused-ring (bicyclic) bond motifs is 1. The maximum Gasteiger partial charge on any atom is 0.305 e. The second-order valence-electron chi connectivity index (χ2n) is 5.88. The second-order valence-corrected chi connectivity index (χ2v) is 5.88. The minimum Gasteiger partial charge on any atom is -0.481 e. The largest absolute Gasteiger partial charge is 0.481 e. The molecule has 0 saturated heterocycles. The van der Waals surface area contributed by atoms with Crippen LogP contribution in [-0.2, 0) is 27.8 Å². The number of amides is 1. The number of hydrogen-bond donors (Lipinski definition) is 2. The first-order valence-electron chi connectivity index (χ1n) is 7.27. The van der Waals surface area contributed by atoms with Crippen molar-refractivity contribution < 1.29 is 19.4 Å². The van der Waals surface area contributed by atoms with E-state index >= 15 is 0 Å². The van der Waals surface area contributed by atoms with E-state index in [4.69, 9.17) is 9.84 Å². The van der Waals surface area contributed by atoms with E-state index in [0.717, 1.165) is 10.9 Å². The van der Waals surface area contributed by atoms with E-state index in [0.29, 0.717) is 5.69 Å². The Bertz CT molecular complexity index is 725. The van der Waals surface area contributed by atoms with Crippen LogP contribution in [0.2, 0.25) is 0 Å². The van der Waals surface area contributed by atoms with Crippen molar-refractivity contribution in [2.24, 2.45) is 7.05 Å². The van der Waals surface area contributed by atoms with Gasteiger partial charge in [0.15, 0.2) is 0 Å². The minimum atomic E-state index is -0.992. The first kappa shape index (κ1) is 17.0. The van der Waals surface area contributed by atoms with Crippen LogP contribution in [0.5, 0.6) is 0 Å². The first-order valence-corrected chi connectivity index (χ1v) is 7.27. The molecule has 7 nitrogen and oxygen atoms in total. The molecule has 2 aromatic rings. The monoisotopic (exact) mass is 319 g/mol. The van der Waals surface area contributed by atoms with Crippen LogP contribution in [0.25, 0.3) is 10.9 Å². The van der Waals surface area contributed by atoms with Gasteiger partial charge in [0.25, 0.3) is 0 Å². The van der Waals surface area contributed by atoms with E-state index in [1.165, 1.54) is 7.11 Å². The molecule has 7 heteroatoms. The fourth-order valence-electron chi connectivity index (χ4n) is 2.74. The lowest BCUT2D eigenvalue weighted by atomic mass is 9.98. The summed E-state index contributed by atoms with van der Waals surface area (Å²) in [4.78, 5) is 23.3. The number of carboxylic acid groups (broad SMARTS) is 1. The van der Waals surface area contributed by atoms with Crippen LogP contribution in [0.15, 0.2) is 24.3 Å². The molecular formula is C16H21N3O4. The summed E-state index contributed by atoms with van der Waals surface area (Å²) in [6.07, 6.45) is -0.129. The van der Waals surface area contributed by atoms with Crippen LogP contribution in [0, 0.1) is 0 Å². The number of hydrogen-bond acceptors (Lipinski definition) is 4. The highest BCUT2D eigenvalue weighted by Crippen LogP contribution is 2.18. The van der Waals surface area contributed by atoms with Gasteiger partial charge in [0.1, 0.15) is 0 Å². The number of para-hydroxylation sites is 1. The number of nitrogens with zero attached hydrogens (tertiary/aromatic N) is 2. The van der Waals surface area contributed by atoms with Crippen LogP contribution in [0.1, 0.15) is 19.0 Å². The van der Waals surface area contributed by atoms with Crippen molar-refractivity contribution in [1.82, 2.24) is 15.1 Å². The molecule has 1 heterocycles. The van der Waals surface area contributed by atoms with Gasteiger partial charge in [-0.25, -0.2) is 0 Å². The fraction of sp³-hybridized carbons (Fsp3) is 0.438. The Hall–Kier alpha value is -2.41. The van der Waals surface area contributed by atoms with Gasteiger partial charge in [-0.05, 0) is 13.0 Å². The molecular weight excluding hydrogens is 298 g/mol. The van der Waals surface area contributed by atoms with E-state index in [9.17, 15) is 9.59 Å². The van der Waals surface area contributed by atoms with Gasteiger partial charge in [0.2, 0.25) is 5.91 Å². The van der Waals surface area contributed by atoms with Crippen molar-refractivity contribution in [3.63, 3.8) is 0 Å². The number of carbonyl (C=O) groups is 2. The highest BCUT2D eigenvalue weighted by Gasteiger charge is 2.30. The SMILES string of the molecule is COCC(C)(CC(=O)O)NC(=O)Cc1nn(C)c2ccccc12. The standard InChI is InChI=1S/C16H21N3O4/c1-16(10-23-3,9-15(21)22)17-14(20)8-12-11-6-4-5-7-13(11)19(2)18-12/h4-7H,8-10H2,1-3H3,(H,17,20)(H,21,22). The lowest BCUT2D eigenvalue weighted by molar-refractivity contribution is -0.139. The molecule has 1 amide bonds. The smallest absolute Gasteiger partial charge is 0.305 e. The predicted molar refractivity (Wildman–Crippen MR) is 85.1 cm³/mol. The lowest BCUT2D eigenvalue weighted by Gasteiger charge is -2.28. The molecule has 1 unspecified atom stereocenters. The number of methoxy groups -OCH3 is 1. The van der Waals surface area contributed by atoms with Gasteiger partial charge in [-0.1, -0.05) is 18.2 Å². The number of carbonyl (C=O) groups excluding carboxylic acids is 1. The van der Waals surface area contributed by atoms with Gasteiger partial charge in [0.05, 0.1) is 36.2 Å². The van der Waals surface area contributed by atoms with Gasteiger partial charge in [0, 0.05) is 19.5 Å². The zero-order chi connectivity index (χ0) is 17.0. The molecule has 1 aromatic heterocycles. The second kappa shape index (κ2) is 6.78. The Labute approximate surface area is 134 Å². The third-order valence-electron chi connectivity index (χ3n) is 3.61. The van der Waals surface area contributed by atoms with Gasteiger partial charge in [-0.15, -0.1) is 0 Å². The maximum atomic E-state index is 12.3. The average molecular weight is 319 g/mol. The third kappa shape index (κ3) is 4.07. The molecule has 0 aliphatic rings. The summed E-state index contributed by atoms with van der Waals surface area (Å²) in [5.74, 6) is -1.28. The summed E-state index contributed by atoms with van der Waals surface area (Å²) in [6, 6.07) is 7.65. The Kier molecular flexibility index (Phi) is 5.00. The number of benzene rings is 1. The molecule has 0 radical (unpaired) electrons. The molecule has 1 atom stereocenters. The number of ether oxygens (including phenoxy) is 1. The molecule has 124 valence electrons. The Morgan fingerprint density at radius 1 is 1.39 bits per heavy atom. The van der Waals surface area contributed by atoms with Crippen molar-refractivity contribution in [2.45, 2.75) is 25.3 Å². The summed E-state index contributed by atoms with van der Waals surface area (Å²) in [6.45, 7) is 1.77. The maximum absolute atomic E-state index is 12.3. The predicted octanol–water partition coefficient (Wildman–Crippen LogP) is 1.11. The zero-order valence-electron chi connectivity index (χ0n) is 13.5. The summed E-state index contributed by atoms with van der Waals surface area (Å²) in [5.41, 5.74) is 0.651. The van der Waals surface area contributed by atoms with Crippen molar-refractivity contribution in [1.29, 1.82) is 0 Å². The van der Waals surface area contributed by atoms with Crippen molar-refractivity contribution >= 4 is 22.8 Å². The van der Waals surface area contributed by atoms with Crippen molar-refractivity contribution in [3.05, 3.63) is 30.0 Å². The number of rotatable bonds is 7. The van der Waals surface area contributed by atoms with Gasteiger partial charge in [-0.2, -0.15) is 5.10 Å². The normalized spacial score (nSPS) is 13.7. The number of aryl methyl sites for hydroxylation is 1. The molecule has 2 rings (SSSR count). The topological polar surface area (TPSA) is 93.4 Å². The highest BCUT2D eigenvalue weighted by molar-refractivity contribution is 5.88. The van der Waals surface area contributed by atoms with E-state index < -0.39 is 11.5 Å². The molecule has 0 saturated carbocycles. The van der Waals surface area contributed by atoms with Crippen LogP contribution < -0.4 is 5.32 Å². The van der Waals surface area contributed by atoms with Crippen LogP contribution >= 0.6 is 0 Å². The summed E-state index contributed by atoms with van der Waals surface area (Å²) in [5, 5.41) is 17.0. The van der Waals surface area contributed by atoms with Crippen LogP contribution in [0.4, 0.5) is 0 Å². The Morgan fingerprint density at radius 2 is 2.09 bits per heavy atom. The van der Waals surface area contributed by atoms with Gasteiger partial charge >= 0.3 is 5.97 Å². The molecule has 0 fully saturated rings. The van der Waals surface area contributed by atoms with E-state index in [-0.39, 0.29) is 25.4 Å². The van der Waals surface area contributed by atoms with Crippen LogP contribution in [0.3, 0.4) is 0 Å². The molecule has 1 aromatic carbocycles. The molecule has 23 heavy (non-hydrogen) atoms. The van der Waals surface area contributed by atoms with Crippen molar-refractivity contribution in [2.75, 3.05) is 13.7 Å². The van der Waals surface area contributed by atoms with E-state index in [1.54, 1.807) is 11.6 Å². The zero-order valence-corrected chi connectivity index (χ0v) is 13.5. The first-order chi connectivity index (χ1) is 10.8. The number of nitrogens with one attached hydrogen (secondary N) is 1. The van der Waals surface area contributed by atoms with Gasteiger partial charge < -0.3 is 15.2 Å². The lowest BCUT2D eigenvalue weighted by Crippen LogP contribution is -2.51. The molecule has 0 aliphatic heterocycles. The average Bonchev–Trinajstić information content (AvgIpc) is 2.74.